The molecule has 0 atom stereocenters. The number of aryl methyl sites for hydroxylation is 1. The van der Waals surface area contributed by atoms with E-state index in [1.807, 2.05) is 29.7 Å². The van der Waals surface area contributed by atoms with Crippen molar-refractivity contribution in [3.05, 3.63) is 30.1 Å². The van der Waals surface area contributed by atoms with Gasteiger partial charge in [0, 0.05) is 18.0 Å². The van der Waals surface area contributed by atoms with Crippen LogP contribution in [-0.4, -0.2) is 39.6 Å². The molecule has 0 bridgehead atoms. The van der Waals surface area contributed by atoms with Crippen LogP contribution in [0.1, 0.15) is 5.69 Å². The lowest BCUT2D eigenvalue weighted by Crippen LogP contribution is -2.15. The third-order valence-corrected chi connectivity index (χ3v) is 3.95. The maximum atomic E-state index is 10.7. The van der Waals surface area contributed by atoms with Crippen LogP contribution in [0, 0.1) is 6.92 Å². The third kappa shape index (κ3) is 2.82. The molecule has 0 spiro atoms. The Morgan fingerprint density at radius 1 is 1.38 bits per heavy atom. The number of carboxylic acid groups (broad SMARTS) is 1. The SMILES string of the molecule is Cc1cnc(SCC(=O)O)n1-c1ccc2c(c1)OCCO2. The van der Waals surface area contributed by atoms with Crippen molar-refractivity contribution < 1.29 is 19.4 Å². The molecule has 2 heterocycles. The van der Waals surface area contributed by atoms with E-state index in [9.17, 15) is 4.79 Å². The minimum Gasteiger partial charge on any atom is -0.486 e. The average Bonchev–Trinajstić information content (AvgIpc) is 2.85. The summed E-state index contributed by atoms with van der Waals surface area (Å²) >= 11 is 1.19. The fraction of sp³-hybridized carbons (Fsp3) is 0.286. The number of hydrogen-bond donors (Lipinski definition) is 1. The first kappa shape index (κ1) is 13.8. The maximum absolute atomic E-state index is 10.7. The van der Waals surface area contributed by atoms with Crippen LogP contribution in [0.25, 0.3) is 5.69 Å². The molecule has 1 aromatic carbocycles. The summed E-state index contributed by atoms with van der Waals surface area (Å²) in [5, 5.41) is 9.45. The predicted molar refractivity (Wildman–Crippen MR) is 77.7 cm³/mol. The van der Waals surface area contributed by atoms with Crippen LogP contribution in [0.5, 0.6) is 11.5 Å². The van der Waals surface area contributed by atoms with Crippen molar-refractivity contribution in [3.8, 4) is 17.2 Å². The van der Waals surface area contributed by atoms with Gasteiger partial charge < -0.3 is 14.6 Å². The van der Waals surface area contributed by atoms with Gasteiger partial charge in [-0.2, -0.15) is 0 Å². The van der Waals surface area contributed by atoms with E-state index in [4.69, 9.17) is 14.6 Å². The van der Waals surface area contributed by atoms with Gasteiger partial charge in [0.1, 0.15) is 13.2 Å². The second-order valence-electron chi connectivity index (χ2n) is 4.53. The Balaban J connectivity index is 1.96. The molecule has 2 aromatic rings. The molecule has 6 nitrogen and oxygen atoms in total. The zero-order valence-corrected chi connectivity index (χ0v) is 12.2. The van der Waals surface area contributed by atoms with E-state index in [2.05, 4.69) is 4.98 Å². The normalized spacial score (nSPS) is 13.2. The number of carbonyl (C=O) groups is 1. The number of imidazole rings is 1. The number of carboxylic acids is 1. The Kier molecular flexibility index (Phi) is 3.74. The summed E-state index contributed by atoms with van der Waals surface area (Å²) in [5.74, 6) is 0.527. The molecule has 0 amide bonds. The number of fused-ring (bicyclic) bond motifs is 1. The molecule has 0 saturated carbocycles. The molecule has 0 radical (unpaired) electrons. The summed E-state index contributed by atoms with van der Waals surface area (Å²) in [7, 11) is 0. The Hall–Kier alpha value is -2.15. The first-order chi connectivity index (χ1) is 10.1. The molecule has 0 aliphatic carbocycles. The van der Waals surface area contributed by atoms with E-state index in [1.54, 1.807) is 6.20 Å². The van der Waals surface area contributed by atoms with E-state index in [-0.39, 0.29) is 5.75 Å². The van der Waals surface area contributed by atoms with E-state index < -0.39 is 5.97 Å². The number of aromatic nitrogens is 2. The van der Waals surface area contributed by atoms with Crippen molar-refractivity contribution in [2.75, 3.05) is 19.0 Å². The molecule has 7 heteroatoms. The molecular weight excluding hydrogens is 292 g/mol. The quantitative estimate of drug-likeness (QED) is 0.872. The van der Waals surface area contributed by atoms with Gasteiger partial charge in [0.25, 0.3) is 0 Å². The van der Waals surface area contributed by atoms with Crippen molar-refractivity contribution >= 4 is 17.7 Å². The fourth-order valence-electron chi connectivity index (χ4n) is 2.13. The van der Waals surface area contributed by atoms with E-state index in [1.165, 1.54) is 11.8 Å². The van der Waals surface area contributed by atoms with Crippen LogP contribution in [-0.2, 0) is 4.79 Å². The van der Waals surface area contributed by atoms with Gasteiger partial charge >= 0.3 is 5.97 Å². The van der Waals surface area contributed by atoms with Crippen LogP contribution in [0.2, 0.25) is 0 Å². The summed E-state index contributed by atoms with van der Waals surface area (Å²) in [5.41, 5.74) is 1.81. The highest BCUT2D eigenvalue weighted by Gasteiger charge is 2.16. The molecule has 1 aliphatic rings. The minimum atomic E-state index is -0.866. The highest BCUT2D eigenvalue weighted by molar-refractivity contribution is 7.99. The third-order valence-electron chi connectivity index (χ3n) is 3.01. The lowest BCUT2D eigenvalue weighted by molar-refractivity contribution is -0.133. The predicted octanol–water partition coefficient (Wildman–Crippen LogP) is 2.13. The summed E-state index contributed by atoms with van der Waals surface area (Å²) < 4.78 is 13.0. The zero-order chi connectivity index (χ0) is 14.8. The molecule has 21 heavy (non-hydrogen) atoms. The van der Waals surface area contributed by atoms with Gasteiger partial charge in [-0.25, -0.2) is 4.98 Å². The highest BCUT2D eigenvalue weighted by Crippen LogP contribution is 2.33. The standard InChI is InChI=1S/C14H14N2O4S/c1-9-7-15-14(21-8-13(17)18)16(9)10-2-3-11-12(6-10)20-5-4-19-11/h2-3,6-7H,4-5,8H2,1H3,(H,17,18). The fourth-order valence-corrected chi connectivity index (χ4v) is 2.89. The Morgan fingerprint density at radius 2 is 2.14 bits per heavy atom. The minimum absolute atomic E-state index is 0.0268. The average molecular weight is 306 g/mol. The number of thioether (sulfide) groups is 1. The van der Waals surface area contributed by atoms with Gasteiger partial charge in [-0.05, 0) is 19.1 Å². The number of hydrogen-bond acceptors (Lipinski definition) is 5. The molecular formula is C14H14N2O4S. The van der Waals surface area contributed by atoms with Crippen molar-refractivity contribution in [2.45, 2.75) is 12.1 Å². The Bertz CT molecular complexity index is 684. The summed E-state index contributed by atoms with van der Waals surface area (Å²) in [6, 6.07) is 5.65. The molecule has 0 fully saturated rings. The Morgan fingerprint density at radius 3 is 2.90 bits per heavy atom. The monoisotopic (exact) mass is 306 g/mol. The number of nitrogens with zero attached hydrogens (tertiary/aromatic N) is 2. The molecule has 110 valence electrons. The molecule has 1 N–H and O–H groups in total. The number of ether oxygens (including phenoxy) is 2. The van der Waals surface area contributed by atoms with Gasteiger partial charge in [-0.1, -0.05) is 11.8 Å². The van der Waals surface area contributed by atoms with Gasteiger partial charge in [0.2, 0.25) is 0 Å². The molecule has 0 unspecified atom stereocenters. The van der Waals surface area contributed by atoms with Gasteiger partial charge in [0.15, 0.2) is 16.7 Å². The van der Waals surface area contributed by atoms with Crippen molar-refractivity contribution in [1.29, 1.82) is 0 Å². The first-order valence-electron chi connectivity index (χ1n) is 6.44. The summed E-state index contributed by atoms with van der Waals surface area (Å²) in [6.07, 6.45) is 1.72. The summed E-state index contributed by atoms with van der Waals surface area (Å²) in [4.78, 5) is 15.0. The maximum Gasteiger partial charge on any atom is 0.313 e. The highest BCUT2D eigenvalue weighted by atomic mass is 32.2. The van der Waals surface area contributed by atoms with Crippen molar-refractivity contribution in [3.63, 3.8) is 0 Å². The second-order valence-corrected chi connectivity index (χ2v) is 5.47. The number of benzene rings is 1. The Labute approximate surface area is 125 Å². The van der Waals surface area contributed by atoms with Crippen LogP contribution < -0.4 is 9.47 Å². The smallest absolute Gasteiger partial charge is 0.313 e. The van der Waals surface area contributed by atoms with E-state index in [0.29, 0.717) is 24.1 Å². The van der Waals surface area contributed by atoms with Gasteiger partial charge in [0.05, 0.1) is 11.4 Å². The first-order valence-corrected chi connectivity index (χ1v) is 7.42. The van der Waals surface area contributed by atoms with Gasteiger partial charge in [-0.3, -0.25) is 9.36 Å². The summed E-state index contributed by atoms with van der Waals surface area (Å²) in [6.45, 7) is 3.00. The van der Waals surface area contributed by atoms with E-state index >= 15 is 0 Å². The van der Waals surface area contributed by atoms with E-state index in [0.717, 1.165) is 17.1 Å². The number of aliphatic carboxylic acids is 1. The second kappa shape index (κ2) is 5.69. The largest absolute Gasteiger partial charge is 0.486 e. The van der Waals surface area contributed by atoms with Gasteiger partial charge in [-0.15, -0.1) is 0 Å². The van der Waals surface area contributed by atoms with Crippen molar-refractivity contribution in [2.24, 2.45) is 0 Å². The topological polar surface area (TPSA) is 73.6 Å². The lowest BCUT2D eigenvalue weighted by Gasteiger charge is -2.19. The zero-order valence-electron chi connectivity index (χ0n) is 11.4. The molecule has 0 saturated heterocycles. The molecule has 1 aromatic heterocycles. The van der Waals surface area contributed by atoms with Crippen LogP contribution in [0.4, 0.5) is 0 Å². The number of rotatable bonds is 4. The molecule has 1 aliphatic heterocycles. The lowest BCUT2D eigenvalue weighted by atomic mass is 10.2. The van der Waals surface area contributed by atoms with Crippen LogP contribution in [0.3, 0.4) is 0 Å². The van der Waals surface area contributed by atoms with Crippen LogP contribution >= 0.6 is 11.8 Å². The van der Waals surface area contributed by atoms with Crippen molar-refractivity contribution in [1.82, 2.24) is 9.55 Å². The van der Waals surface area contributed by atoms with Crippen LogP contribution in [0.15, 0.2) is 29.6 Å². The molecule has 3 rings (SSSR count).